The van der Waals surface area contributed by atoms with Gasteiger partial charge in [-0.1, -0.05) is 317 Å². The van der Waals surface area contributed by atoms with Crippen molar-refractivity contribution in [3.8, 4) is 0 Å². The lowest BCUT2D eigenvalue weighted by atomic mass is 10.0. The first kappa shape index (κ1) is 67.6. The van der Waals surface area contributed by atoms with Gasteiger partial charge in [0.25, 0.3) is 0 Å². The number of carbonyl (C=O) groups excluding carboxylic acids is 1. The van der Waals surface area contributed by atoms with E-state index in [9.17, 15) is 15.0 Å². The topological polar surface area (TPSA) is 69.6 Å². The lowest BCUT2D eigenvalue weighted by Gasteiger charge is -2.22. The van der Waals surface area contributed by atoms with Crippen molar-refractivity contribution in [2.45, 2.75) is 321 Å². The molecule has 0 bridgehead atoms. The number of amides is 1. The fourth-order valence-electron chi connectivity index (χ4n) is 9.29. The van der Waals surface area contributed by atoms with Crippen LogP contribution in [0.5, 0.6) is 0 Å². The number of allylic oxidation sites excluding steroid dienone is 14. The average Bonchev–Trinajstić information content (AvgIpc) is 3.36. The van der Waals surface area contributed by atoms with Gasteiger partial charge in [0.15, 0.2) is 0 Å². The maximum absolute atomic E-state index is 12.5. The van der Waals surface area contributed by atoms with Gasteiger partial charge < -0.3 is 15.5 Å². The van der Waals surface area contributed by atoms with Crippen LogP contribution in [0, 0.1) is 0 Å². The highest BCUT2D eigenvalue weighted by molar-refractivity contribution is 5.76. The molecule has 2 unspecified atom stereocenters. The summed E-state index contributed by atoms with van der Waals surface area (Å²) >= 11 is 0. The van der Waals surface area contributed by atoms with Gasteiger partial charge in [0.05, 0.1) is 18.8 Å². The molecule has 0 spiro atoms. The van der Waals surface area contributed by atoms with Crippen LogP contribution in [0.2, 0.25) is 0 Å². The van der Waals surface area contributed by atoms with Gasteiger partial charge in [0.2, 0.25) is 5.91 Å². The van der Waals surface area contributed by atoms with Gasteiger partial charge in [-0.25, -0.2) is 0 Å². The maximum atomic E-state index is 12.5. The molecule has 0 radical (unpaired) electrons. The molecule has 3 N–H and O–H groups in total. The molecule has 1 amide bonds. The number of aliphatic hydroxyl groups excluding tert-OH is 2. The normalized spacial score (nSPS) is 13.4. The van der Waals surface area contributed by atoms with Crippen LogP contribution in [-0.4, -0.2) is 34.9 Å². The molecule has 0 fully saturated rings. The standard InChI is InChI=1S/C66H119NO3/c1-3-5-7-9-11-13-15-17-19-21-23-25-27-29-31-32-33-34-36-37-39-41-43-45-47-49-51-53-55-57-59-61-65(69)64(63-68)67-66(70)62-60-58-56-54-52-50-48-46-44-42-40-38-35-30-28-26-24-22-20-18-16-14-12-10-8-6-4-2/h6,8,12,14,18,20,24,26,30,35,40,42,46,48,64-65,68-69H,3-5,7,9-11,13,15-17,19,21-23,25,27-29,31-34,36-39,41,43-45,47,49-63H2,1-2H3,(H,67,70)/b8-6-,14-12-,20-18-,26-24-,35-30-,42-40-,48-46-. The molecule has 4 nitrogen and oxygen atoms in total. The summed E-state index contributed by atoms with van der Waals surface area (Å²) in [5.41, 5.74) is 0. The first-order valence-electron chi connectivity index (χ1n) is 30.8. The summed E-state index contributed by atoms with van der Waals surface area (Å²) < 4.78 is 0. The molecule has 0 aliphatic carbocycles. The van der Waals surface area contributed by atoms with Gasteiger partial charge in [-0.05, 0) is 70.6 Å². The highest BCUT2D eigenvalue weighted by Crippen LogP contribution is 2.18. The van der Waals surface area contributed by atoms with Crippen LogP contribution >= 0.6 is 0 Å². The lowest BCUT2D eigenvalue weighted by Crippen LogP contribution is -2.45. The van der Waals surface area contributed by atoms with Crippen molar-refractivity contribution in [3.05, 3.63) is 85.1 Å². The van der Waals surface area contributed by atoms with E-state index in [4.69, 9.17) is 0 Å². The van der Waals surface area contributed by atoms with Crippen molar-refractivity contribution in [1.82, 2.24) is 5.32 Å². The van der Waals surface area contributed by atoms with Crippen molar-refractivity contribution in [1.29, 1.82) is 0 Å². The van der Waals surface area contributed by atoms with Crippen LogP contribution in [-0.2, 0) is 4.79 Å². The maximum Gasteiger partial charge on any atom is 0.220 e. The third kappa shape index (κ3) is 56.5. The number of unbranched alkanes of at least 4 members (excludes halogenated alkanes) is 35. The first-order valence-corrected chi connectivity index (χ1v) is 30.8. The summed E-state index contributed by atoms with van der Waals surface area (Å²) in [6, 6.07) is -0.555. The Labute approximate surface area is 437 Å². The van der Waals surface area contributed by atoms with Crippen LogP contribution in [0.15, 0.2) is 85.1 Å². The molecule has 0 aliphatic heterocycles. The van der Waals surface area contributed by atoms with E-state index in [-0.39, 0.29) is 12.5 Å². The van der Waals surface area contributed by atoms with Crippen LogP contribution in [0.1, 0.15) is 309 Å². The molecule has 0 saturated carbocycles. The van der Waals surface area contributed by atoms with E-state index in [1.54, 1.807) is 0 Å². The summed E-state index contributed by atoms with van der Waals surface area (Å²) in [4.78, 5) is 12.5. The predicted molar refractivity (Wildman–Crippen MR) is 313 cm³/mol. The Kier molecular flexibility index (Phi) is 58.8. The largest absolute Gasteiger partial charge is 0.394 e. The molecule has 0 aromatic rings. The Bertz CT molecular complexity index is 1240. The second-order valence-corrected chi connectivity index (χ2v) is 20.7. The van der Waals surface area contributed by atoms with E-state index < -0.39 is 12.1 Å². The summed E-state index contributed by atoms with van der Waals surface area (Å²) in [6.45, 7) is 4.26. The second kappa shape index (κ2) is 60.9. The Morgan fingerprint density at radius 2 is 0.629 bits per heavy atom. The minimum Gasteiger partial charge on any atom is -0.394 e. The van der Waals surface area contributed by atoms with Crippen LogP contribution in [0.3, 0.4) is 0 Å². The smallest absolute Gasteiger partial charge is 0.220 e. The Balaban J connectivity index is 3.51. The Hall–Kier alpha value is -2.43. The van der Waals surface area contributed by atoms with E-state index in [2.05, 4.69) is 104 Å². The van der Waals surface area contributed by atoms with E-state index >= 15 is 0 Å². The first-order chi connectivity index (χ1) is 34.7. The van der Waals surface area contributed by atoms with Crippen LogP contribution in [0.25, 0.3) is 0 Å². The van der Waals surface area contributed by atoms with Gasteiger partial charge in [-0.15, -0.1) is 0 Å². The van der Waals surface area contributed by atoms with Crippen LogP contribution in [0.4, 0.5) is 0 Å². The molecule has 70 heavy (non-hydrogen) atoms. The highest BCUT2D eigenvalue weighted by Gasteiger charge is 2.20. The molecule has 4 heteroatoms. The molecule has 0 heterocycles. The number of hydrogen-bond donors (Lipinski definition) is 3. The second-order valence-electron chi connectivity index (χ2n) is 20.7. The van der Waals surface area contributed by atoms with Gasteiger partial charge >= 0.3 is 0 Å². The Morgan fingerprint density at radius 1 is 0.357 bits per heavy atom. The van der Waals surface area contributed by atoms with Gasteiger partial charge in [0, 0.05) is 6.42 Å². The molecule has 0 aromatic heterocycles. The molecular formula is C66H119NO3. The fraction of sp³-hybridized carbons (Fsp3) is 0.773. The zero-order valence-corrected chi connectivity index (χ0v) is 46.8. The molecule has 0 aromatic carbocycles. The molecule has 0 rings (SSSR count). The third-order valence-electron chi connectivity index (χ3n) is 13.9. The average molecular weight is 975 g/mol. The summed E-state index contributed by atoms with van der Waals surface area (Å²) in [5, 5.41) is 23.4. The van der Waals surface area contributed by atoms with E-state index in [1.165, 1.54) is 199 Å². The zero-order valence-electron chi connectivity index (χ0n) is 46.8. The lowest BCUT2D eigenvalue weighted by molar-refractivity contribution is -0.123. The number of aliphatic hydroxyl groups is 2. The summed E-state index contributed by atoms with van der Waals surface area (Å²) in [6.07, 6.45) is 88.8. The molecule has 0 saturated heterocycles. The van der Waals surface area contributed by atoms with Crippen molar-refractivity contribution in [2.24, 2.45) is 0 Å². The number of nitrogens with one attached hydrogen (secondary N) is 1. The minimum atomic E-state index is -0.676. The molecule has 406 valence electrons. The summed E-state index contributed by atoms with van der Waals surface area (Å²) in [7, 11) is 0. The number of hydrogen-bond acceptors (Lipinski definition) is 3. The highest BCUT2D eigenvalue weighted by atomic mass is 16.3. The van der Waals surface area contributed by atoms with Crippen molar-refractivity contribution < 1.29 is 15.0 Å². The number of carbonyl (C=O) groups is 1. The van der Waals surface area contributed by atoms with E-state index in [1.807, 2.05) is 0 Å². The molecular weight excluding hydrogens is 855 g/mol. The van der Waals surface area contributed by atoms with Crippen molar-refractivity contribution in [3.63, 3.8) is 0 Å². The zero-order chi connectivity index (χ0) is 50.6. The van der Waals surface area contributed by atoms with Crippen molar-refractivity contribution >= 4 is 5.91 Å². The van der Waals surface area contributed by atoms with Gasteiger partial charge in [-0.2, -0.15) is 0 Å². The monoisotopic (exact) mass is 974 g/mol. The fourth-order valence-corrected chi connectivity index (χ4v) is 9.29. The van der Waals surface area contributed by atoms with E-state index in [0.717, 1.165) is 83.5 Å². The molecule has 2 atom stereocenters. The molecule has 0 aliphatic rings. The minimum absolute atomic E-state index is 0.0497. The Morgan fingerprint density at radius 3 is 0.943 bits per heavy atom. The SMILES string of the molecule is CC/C=C\C/C=C\C/C=C\C/C=C\C/C=C\C/C=C\C/C=C\CCCCCCCC(=O)NC(CO)C(O)CCCCCCCCCCCCCCCCCCCCCCCCCCCCCCCCC. The quantitative estimate of drug-likeness (QED) is 0.0420. The predicted octanol–water partition coefficient (Wildman–Crippen LogP) is 20.7. The van der Waals surface area contributed by atoms with Crippen LogP contribution < -0.4 is 5.32 Å². The van der Waals surface area contributed by atoms with Gasteiger partial charge in [0.1, 0.15) is 0 Å². The third-order valence-corrected chi connectivity index (χ3v) is 13.9. The van der Waals surface area contributed by atoms with Gasteiger partial charge in [-0.3, -0.25) is 4.79 Å². The van der Waals surface area contributed by atoms with E-state index in [0.29, 0.717) is 12.8 Å². The van der Waals surface area contributed by atoms with Crippen molar-refractivity contribution in [2.75, 3.05) is 6.61 Å². The summed E-state index contributed by atoms with van der Waals surface area (Å²) in [5.74, 6) is -0.0497. The number of rotatable bonds is 56.